The number of fused-ring (bicyclic) bond motifs is 5. The molecule has 1 N–H and O–H groups in total. The number of ether oxygens (including phenoxy) is 2. The van der Waals surface area contributed by atoms with Gasteiger partial charge >= 0.3 is 6.09 Å². The van der Waals surface area contributed by atoms with Gasteiger partial charge in [0.15, 0.2) is 0 Å². The molecule has 2 bridgehead atoms. The molecule has 2 heterocycles. The topological polar surface area (TPSA) is 59.0 Å². The predicted molar refractivity (Wildman–Crippen MR) is 130 cm³/mol. The summed E-state index contributed by atoms with van der Waals surface area (Å²) in [6, 6.07) is 18.5. The summed E-state index contributed by atoms with van der Waals surface area (Å²) in [6.07, 6.45) is -3.25. The van der Waals surface area contributed by atoms with Crippen molar-refractivity contribution in [1.82, 2.24) is 4.90 Å². The number of piperidine rings is 1. The number of morpholine rings is 1. The number of aliphatic hydroxyl groups is 1. The molecule has 37 heavy (non-hydrogen) atoms. The predicted octanol–water partition coefficient (Wildman–Crippen LogP) is 5.76. The Labute approximate surface area is 212 Å². The minimum atomic E-state index is -2.94. The molecular weight excluding hydrogens is 483 g/mol. The molecule has 8 heteroatoms. The molecule has 5 nitrogen and oxygen atoms in total. The quantitative estimate of drug-likeness (QED) is 0.486. The van der Waals surface area contributed by atoms with E-state index in [1.54, 1.807) is 4.90 Å². The van der Waals surface area contributed by atoms with E-state index in [9.17, 15) is 23.1 Å². The van der Waals surface area contributed by atoms with E-state index in [4.69, 9.17) is 9.47 Å². The molecule has 6 rings (SSSR count). The van der Waals surface area contributed by atoms with E-state index < -0.39 is 41.6 Å². The zero-order chi connectivity index (χ0) is 25.7. The van der Waals surface area contributed by atoms with Crippen LogP contribution >= 0.6 is 0 Å². The van der Waals surface area contributed by atoms with E-state index in [0.29, 0.717) is 0 Å². The van der Waals surface area contributed by atoms with Crippen molar-refractivity contribution in [2.75, 3.05) is 19.8 Å². The van der Waals surface area contributed by atoms with Gasteiger partial charge in [0.25, 0.3) is 6.43 Å². The molecule has 0 spiro atoms. The fourth-order valence-corrected chi connectivity index (χ4v) is 6.17. The molecule has 2 unspecified atom stereocenters. The Morgan fingerprint density at radius 1 is 1.00 bits per heavy atom. The third-order valence-corrected chi connectivity index (χ3v) is 7.87. The maximum absolute atomic E-state index is 14.3. The highest BCUT2D eigenvalue weighted by molar-refractivity contribution is 5.79. The van der Waals surface area contributed by atoms with Crippen LogP contribution in [0.4, 0.5) is 18.0 Å². The summed E-state index contributed by atoms with van der Waals surface area (Å²) in [4.78, 5) is 15.0. The molecule has 0 aromatic heterocycles. The molecule has 3 aliphatic rings. The van der Waals surface area contributed by atoms with Gasteiger partial charge in [0.1, 0.15) is 12.4 Å². The van der Waals surface area contributed by atoms with E-state index in [1.165, 1.54) is 6.07 Å². The van der Waals surface area contributed by atoms with Gasteiger partial charge in [0.2, 0.25) is 0 Å². The zero-order valence-electron chi connectivity index (χ0n) is 19.9. The Kier molecular flexibility index (Phi) is 5.96. The molecular formula is C29H26F3NO4. The van der Waals surface area contributed by atoms with Crippen LogP contribution in [0.25, 0.3) is 11.1 Å². The SMILES string of the molecule is O=C(OCC1c2ccccc2-c2ccccc21)N1C2COCC1CC(O)(c1ccc(C(F)F)c(F)c1)C2. The number of benzene rings is 3. The van der Waals surface area contributed by atoms with Crippen molar-refractivity contribution < 1.29 is 32.5 Å². The first-order valence-corrected chi connectivity index (χ1v) is 12.4. The lowest BCUT2D eigenvalue weighted by atomic mass is 9.77. The van der Waals surface area contributed by atoms with Crippen LogP contribution in [0.5, 0.6) is 0 Å². The summed E-state index contributed by atoms with van der Waals surface area (Å²) < 4.78 is 51.8. The van der Waals surface area contributed by atoms with Crippen molar-refractivity contribution in [1.29, 1.82) is 0 Å². The van der Waals surface area contributed by atoms with Crippen molar-refractivity contribution in [3.63, 3.8) is 0 Å². The smallest absolute Gasteiger partial charge is 0.410 e. The zero-order valence-corrected chi connectivity index (χ0v) is 19.9. The van der Waals surface area contributed by atoms with E-state index in [1.807, 2.05) is 24.3 Å². The second-order valence-electron chi connectivity index (χ2n) is 10.0. The van der Waals surface area contributed by atoms with Gasteiger partial charge in [-0.2, -0.15) is 0 Å². The molecule has 2 fully saturated rings. The molecule has 0 radical (unpaired) electrons. The van der Waals surface area contributed by atoms with Crippen LogP contribution in [0.3, 0.4) is 0 Å². The van der Waals surface area contributed by atoms with Crippen LogP contribution in [-0.4, -0.2) is 48.0 Å². The molecule has 2 atom stereocenters. The number of amides is 1. The standard InChI is InChI=1S/C29H26F3NO4/c30-26-11-17(9-10-24(26)27(31)32)29(35)12-18-14-36-15-19(13-29)33(18)28(34)37-16-25-22-7-3-1-5-20(22)21-6-2-4-8-23(21)25/h1-11,18-19,25,27,35H,12-16H2. The maximum atomic E-state index is 14.3. The van der Waals surface area contributed by atoms with E-state index in [2.05, 4.69) is 24.3 Å². The average Bonchev–Trinajstić information content (AvgIpc) is 3.20. The van der Waals surface area contributed by atoms with E-state index in [-0.39, 0.29) is 44.1 Å². The molecule has 2 saturated heterocycles. The van der Waals surface area contributed by atoms with E-state index >= 15 is 0 Å². The molecule has 3 aromatic carbocycles. The summed E-state index contributed by atoms with van der Waals surface area (Å²) in [5, 5.41) is 11.4. The van der Waals surface area contributed by atoms with Crippen molar-refractivity contribution in [2.45, 2.75) is 42.9 Å². The molecule has 3 aromatic rings. The Morgan fingerprint density at radius 2 is 1.59 bits per heavy atom. The van der Waals surface area contributed by atoms with Gasteiger partial charge < -0.3 is 14.6 Å². The Hall–Kier alpha value is -3.36. The number of nitrogens with zero attached hydrogens (tertiary/aromatic N) is 1. The van der Waals surface area contributed by atoms with Crippen LogP contribution in [0.2, 0.25) is 0 Å². The first-order valence-electron chi connectivity index (χ1n) is 12.4. The fourth-order valence-electron chi connectivity index (χ4n) is 6.17. The van der Waals surface area contributed by atoms with Gasteiger partial charge in [-0.25, -0.2) is 18.0 Å². The highest BCUT2D eigenvalue weighted by Gasteiger charge is 2.49. The second kappa shape index (κ2) is 9.19. The highest BCUT2D eigenvalue weighted by atomic mass is 19.3. The van der Waals surface area contributed by atoms with Gasteiger partial charge in [-0.05, 0) is 33.9 Å². The van der Waals surface area contributed by atoms with Crippen LogP contribution in [-0.2, 0) is 15.1 Å². The van der Waals surface area contributed by atoms with Gasteiger partial charge in [-0.1, -0.05) is 60.7 Å². The minimum absolute atomic E-state index is 0.0783. The molecule has 2 aliphatic heterocycles. The average molecular weight is 510 g/mol. The van der Waals surface area contributed by atoms with Crippen molar-refractivity contribution in [3.05, 3.63) is 94.8 Å². The summed E-state index contributed by atoms with van der Waals surface area (Å²) in [7, 11) is 0. The fraction of sp³-hybridized carbons (Fsp3) is 0.345. The number of carbonyl (C=O) groups excluding carboxylic acids is 1. The minimum Gasteiger partial charge on any atom is -0.448 e. The Morgan fingerprint density at radius 3 is 2.16 bits per heavy atom. The number of hydrogen-bond donors (Lipinski definition) is 1. The Balaban J connectivity index is 1.20. The number of carbonyl (C=O) groups is 1. The lowest BCUT2D eigenvalue weighted by Gasteiger charge is -2.51. The summed E-state index contributed by atoms with van der Waals surface area (Å²) >= 11 is 0. The second-order valence-corrected chi connectivity index (χ2v) is 10.0. The van der Waals surface area contributed by atoms with Crippen molar-refractivity contribution in [3.8, 4) is 11.1 Å². The third kappa shape index (κ3) is 4.08. The van der Waals surface area contributed by atoms with Gasteiger partial charge in [-0.3, -0.25) is 4.90 Å². The third-order valence-electron chi connectivity index (χ3n) is 7.87. The summed E-state index contributed by atoms with van der Waals surface area (Å²) in [6.45, 7) is 0.565. The Bertz CT molecular complexity index is 1290. The van der Waals surface area contributed by atoms with Gasteiger partial charge in [0.05, 0.1) is 36.5 Å². The highest BCUT2D eigenvalue weighted by Crippen LogP contribution is 2.45. The first-order chi connectivity index (χ1) is 17.9. The molecule has 1 aliphatic carbocycles. The first kappa shape index (κ1) is 24.0. The van der Waals surface area contributed by atoms with Crippen molar-refractivity contribution in [2.24, 2.45) is 0 Å². The van der Waals surface area contributed by atoms with Crippen molar-refractivity contribution >= 4 is 6.09 Å². The van der Waals surface area contributed by atoms with Crippen LogP contribution < -0.4 is 0 Å². The van der Waals surface area contributed by atoms with Gasteiger partial charge in [0, 0.05) is 18.8 Å². The largest absolute Gasteiger partial charge is 0.448 e. The summed E-state index contributed by atoms with van der Waals surface area (Å²) in [5.74, 6) is -1.13. The number of hydrogen-bond acceptors (Lipinski definition) is 4. The molecule has 0 saturated carbocycles. The molecule has 1 amide bonds. The number of halogens is 3. The lowest BCUT2D eigenvalue weighted by molar-refractivity contribution is -0.136. The van der Waals surface area contributed by atoms with Gasteiger partial charge in [-0.15, -0.1) is 0 Å². The number of rotatable bonds is 4. The number of alkyl halides is 2. The van der Waals surface area contributed by atoms with Crippen LogP contribution in [0.1, 0.15) is 47.4 Å². The van der Waals surface area contributed by atoms with Crippen LogP contribution in [0, 0.1) is 5.82 Å². The summed E-state index contributed by atoms with van der Waals surface area (Å²) in [5.41, 5.74) is 2.55. The van der Waals surface area contributed by atoms with Crippen LogP contribution in [0.15, 0.2) is 66.7 Å². The normalized spacial score (nSPS) is 24.6. The monoisotopic (exact) mass is 509 g/mol. The van der Waals surface area contributed by atoms with E-state index in [0.717, 1.165) is 34.4 Å². The lowest BCUT2D eigenvalue weighted by Crippen LogP contribution is -2.62. The molecule has 192 valence electrons. The maximum Gasteiger partial charge on any atom is 0.410 e.